The van der Waals surface area contributed by atoms with Crippen LogP contribution in [-0.2, 0) is 14.3 Å². The molecule has 0 spiro atoms. The molecule has 0 bridgehead atoms. The summed E-state index contributed by atoms with van der Waals surface area (Å²) in [7, 11) is 1.54. The van der Waals surface area contributed by atoms with Crippen LogP contribution in [0.3, 0.4) is 0 Å². The molecule has 2 aromatic rings. The first kappa shape index (κ1) is 24.5. The molecule has 2 heterocycles. The number of Topliss-reactive ketones (excluding diaryl/α,β-unsaturated/α-hetero) is 1. The Bertz CT molecular complexity index is 1100. The maximum absolute atomic E-state index is 13.1. The van der Waals surface area contributed by atoms with Crippen LogP contribution in [0.5, 0.6) is 5.75 Å². The van der Waals surface area contributed by atoms with Gasteiger partial charge in [-0.05, 0) is 48.4 Å². The van der Waals surface area contributed by atoms with Gasteiger partial charge in [0.2, 0.25) is 0 Å². The monoisotopic (exact) mass is 504 g/mol. The smallest absolute Gasteiger partial charge is 0.295 e. The first-order valence-corrected chi connectivity index (χ1v) is 11.8. The van der Waals surface area contributed by atoms with Crippen LogP contribution >= 0.6 is 23.2 Å². The summed E-state index contributed by atoms with van der Waals surface area (Å²) in [5.74, 6) is -1.00. The third-order valence-electron chi connectivity index (χ3n) is 6.14. The number of aliphatic hydroxyl groups excluding tert-OH is 1. The van der Waals surface area contributed by atoms with Crippen molar-refractivity contribution in [2.75, 3.05) is 46.5 Å². The lowest BCUT2D eigenvalue weighted by atomic mass is 9.95. The van der Waals surface area contributed by atoms with E-state index in [-0.39, 0.29) is 11.3 Å². The zero-order valence-corrected chi connectivity index (χ0v) is 20.3. The highest BCUT2D eigenvalue weighted by Crippen LogP contribution is 2.41. The Morgan fingerprint density at radius 3 is 2.41 bits per heavy atom. The van der Waals surface area contributed by atoms with Crippen molar-refractivity contribution in [2.45, 2.75) is 12.5 Å². The molecule has 0 aliphatic carbocycles. The van der Waals surface area contributed by atoms with E-state index in [1.54, 1.807) is 49.6 Å². The summed E-state index contributed by atoms with van der Waals surface area (Å²) in [6.07, 6.45) is 0.674. The van der Waals surface area contributed by atoms with E-state index in [4.69, 9.17) is 32.7 Å². The molecule has 1 amide bonds. The Labute approximate surface area is 208 Å². The normalized spacial score (nSPS) is 20.7. The summed E-state index contributed by atoms with van der Waals surface area (Å²) in [6.45, 7) is 4.19. The number of nitrogens with zero attached hydrogens (tertiary/aromatic N) is 2. The van der Waals surface area contributed by atoms with Gasteiger partial charge in [0.05, 0.1) is 42.0 Å². The number of rotatable bonds is 7. The second kappa shape index (κ2) is 10.8. The van der Waals surface area contributed by atoms with Crippen LogP contribution in [0, 0.1) is 0 Å². The highest BCUT2D eigenvalue weighted by Gasteiger charge is 2.46. The van der Waals surface area contributed by atoms with Crippen molar-refractivity contribution >= 4 is 40.7 Å². The van der Waals surface area contributed by atoms with Gasteiger partial charge in [0.1, 0.15) is 11.5 Å². The second-order valence-electron chi connectivity index (χ2n) is 8.20. The SMILES string of the molecule is COc1ccc(/C(O)=C2\C(=O)C(=O)N(CCCN3CCOCC3)[C@H]2c2ccc(Cl)c(Cl)c2)cc1. The lowest BCUT2D eigenvalue weighted by Gasteiger charge is -2.29. The van der Waals surface area contributed by atoms with Gasteiger partial charge < -0.3 is 19.5 Å². The molecule has 1 N–H and O–H groups in total. The van der Waals surface area contributed by atoms with Gasteiger partial charge in [-0.3, -0.25) is 14.5 Å². The predicted molar refractivity (Wildman–Crippen MR) is 130 cm³/mol. The minimum absolute atomic E-state index is 0.0277. The van der Waals surface area contributed by atoms with Crippen molar-refractivity contribution in [1.82, 2.24) is 9.80 Å². The topological polar surface area (TPSA) is 79.3 Å². The number of morpholine rings is 1. The van der Waals surface area contributed by atoms with Crippen LogP contribution in [0.15, 0.2) is 48.0 Å². The molecule has 2 aliphatic heterocycles. The molecule has 0 aromatic heterocycles. The Kier molecular flexibility index (Phi) is 7.78. The summed E-state index contributed by atoms with van der Waals surface area (Å²) in [5.41, 5.74) is 1.05. The molecule has 0 unspecified atom stereocenters. The molecule has 1 atom stereocenters. The maximum atomic E-state index is 13.1. The number of ether oxygens (including phenoxy) is 2. The Balaban J connectivity index is 1.69. The number of likely N-dealkylation sites (tertiary alicyclic amines) is 1. The lowest BCUT2D eigenvalue weighted by Crippen LogP contribution is -2.38. The van der Waals surface area contributed by atoms with Crippen molar-refractivity contribution in [3.63, 3.8) is 0 Å². The molecule has 7 nitrogen and oxygen atoms in total. The fraction of sp³-hybridized carbons (Fsp3) is 0.360. The third kappa shape index (κ3) is 5.08. The first-order chi connectivity index (χ1) is 16.4. The van der Waals surface area contributed by atoms with Gasteiger partial charge in [0.15, 0.2) is 0 Å². The number of ketones is 1. The molecular formula is C25H26Cl2N2O5. The molecule has 9 heteroatoms. The first-order valence-electron chi connectivity index (χ1n) is 11.1. The Hall–Kier alpha value is -2.58. The van der Waals surface area contributed by atoms with E-state index in [0.29, 0.717) is 53.1 Å². The fourth-order valence-electron chi connectivity index (χ4n) is 4.33. The summed E-state index contributed by atoms with van der Waals surface area (Å²) in [4.78, 5) is 30.0. The lowest BCUT2D eigenvalue weighted by molar-refractivity contribution is -0.140. The molecule has 0 radical (unpaired) electrons. The number of benzene rings is 2. The van der Waals surface area contributed by atoms with Gasteiger partial charge >= 0.3 is 0 Å². The number of amides is 1. The summed E-state index contributed by atoms with van der Waals surface area (Å²) < 4.78 is 10.6. The van der Waals surface area contributed by atoms with E-state index in [1.165, 1.54) is 4.90 Å². The fourth-order valence-corrected chi connectivity index (χ4v) is 4.64. The molecular weight excluding hydrogens is 479 g/mol. The van der Waals surface area contributed by atoms with Crippen molar-refractivity contribution < 1.29 is 24.2 Å². The third-order valence-corrected chi connectivity index (χ3v) is 6.88. The molecule has 4 rings (SSSR count). The van der Waals surface area contributed by atoms with Crippen LogP contribution in [0.1, 0.15) is 23.6 Å². The van der Waals surface area contributed by atoms with E-state index in [2.05, 4.69) is 4.90 Å². The van der Waals surface area contributed by atoms with Gasteiger partial charge in [-0.1, -0.05) is 29.3 Å². The molecule has 180 valence electrons. The predicted octanol–water partition coefficient (Wildman–Crippen LogP) is 4.15. The van der Waals surface area contributed by atoms with Gasteiger partial charge in [-0.2, -0.15) is 0 Å². The van der Waals surface area contributed by atoms with Gasteiger partial charge in [0, 0.05) is 31.7 Å². The van der Waals surface area contributed by atoms with Crippen LogP contribution in [0.25, 0.3) is 5.76 Å². The van der Waals surface area contributed by atoms with E-state index in [1.807, 2.05) is 0 Å². The van der Waals surface area contributed by atoms with Crippen LogP contribution in [-0.4, -0.2) is 73.1 Å². The summed E-state index contributed by atoms with van der Waals surface area (Å²) >= 11 is 12.4. The number of methoxy groups -OCH3 is 1. The highest BCUT2D eigenvalue weighted by molar-refractivity contribution is 6.46. The van der Waals surface area contributed by atoms with Crippen molar-refractivity contribution in [1.29, 1.82) is 0 Å². The van der Waals surface area contributed by atoms with Gasteiger partial charge in [0.25, 0.3) is 11.7 Å². The van der Waals surface area contributed by atoms with Crippen LogP contribution in [0.2, 0.25) is 10.0 Å². The highest BCUT2D eigenvalue weighted by atomic mass is 35.5. The van der Waals surface area contributed by atoms with E-state index in [9.17, 15) is 14.7 Å². The van der Waals surface area contributed by atoms with Gasteiger partial charge in [-0.25, -0.2) is 0 Å². The molecule has 2 saturated heterocycles. The number of aliphatic hydroxyl groups is 1. The van der Waals surface area contributed by atoms with E-state index >= 15 is 0 Å². The van der Waals surface area contributed by atoms with Gasteiger partial charge in [-0.15, -0.1) is 0 Å². The van der Waals surface area contributed by atoms with Crippen molar-refractivity contribution in [3.05, 3.63) is 69.2 Å². The largest absolute Gasteiger partial charge is 0.507 e. The maximum Gasteiger partial charge on any atom is 0.295 e. The number of hydrogen-bond acceptors (Lipinski definition) is 6. The minimum Gasteiger partial charge on any atom is -0.507 e. The Morgan fingerprint density at radius 1 is 1.06 bits per heavy atom. The molecule has 2 fully saturated rings. The average molecular weight is 505 g/mol. The summed E-state index contributed by atoms with van der Waals surface area (Å²) in [5, 5.41) is 11.8. The quantitative estimate of drug-likeness (QED) is 0.346. The zero-order valence-electron chi connectivity index (χ0n) is 18.8. The molecule has 2 aromatic carbocycles. The zero-order chi connectivity index (χ0) is 24.2. The van der Waals surface area contributed by atoms with Crippen LogP contribution < -0.4 is 4.74 Å². The van der Waals surface area contributed by atoms with E-state index in [0.717, 1.165) is 19.6 Å². The Morgan fingerprint density at radius 2 is 1.76 bits per heavy atom. The molecule has 0 saturated carbocycles. The molecule has 2 aliphatic rings. The molecule has 34 heavy (non-hydrogen) atoms. The second-order valence-corrected chi connectivity index (χ2v) is 9.02. The standard InChI is InChI=1S/C25H26Cl2N2O5/c1-33-18-6-3-16(4-7-18)23(30)21-22(17-5-8-19(26)20(27)15-17)29(25(32)24(21)31)10-2-9-28-11-13-34-14-12-28/h3-8,15,22,30H,2,9-14H2,1H3/b23-21+/t22-/m0/s1. The van der Waals surface area contributed by atoms with Crippen LogP contribution in [0.4, 0.5) is 0 Å². The van der Waals surface area contributed by atoms with Crippen molar-refractivity contribution in [2.24, 2.45) is 0 Å². The number of hydrogen-bond donors (Lipinski definition) is 1. The number of carbonyl (C=O) groups is 2. The number of halogens is 2. The minimum atomic E-state index is -0.776. The average Bonchev–Trinajstić information content (AvgIpc) is 3.11. The van der Waals surface area contributed by atoms with E-state index < -0.39 is 17.7 Å². The van der Waals surface area contributed by atoms with Crippen molar-refractivity contribution in [3.8, 4) is 5.75 Å². The number of carbonyl (C=O) groups excluding carboxylic acids is 2. The summed E-state index contributed by atoms with van der Waals surface area (Å²) in [6, 6.07) is 10.9.